The summed E-state index contributed by atoms with van der Waals surface area (Å²) in [5.74, 6) is 0. The third-order valence-corrected chi connectivity index (χ3v) is 4.86. The fourth-order valence-electron chi connectivity index (χ4n) is 3.02. The fraction of sp³-hybridized carbons (Fsp3) is 0.727. The Kier molecular flexibility index (Phi) is 13.1. The van der Waals surface area contributed by atoms with E-state index in [0.717, 1.165) is 6.54 Å². The number of ether oxygens (including phenoxy) is 6. The molecule has 0 aromatic heterocycles. The van der Waals surface area contributed by atoms with Crippen molar-refractivity contribution in [2.24, 2.45) is 0 Å². The molecule has 1 aliphatic rings. The molecule has 1 heterocycles. The molecule has 0 spiro atoms. The highest BCUT2D eigenvalue weighted by atomic mass is 16.6. The van der Waals surface area contributed by atoms with Gasteiger partial charge in [0.15, 0.2) is 0 Å². The summed E-state index contributed by atoms with van der Waals surface area (Å²) in [5, 5.41) is 0. The van der Waals surface area contributed by atoms with Crippen LogP contribution in [0.1, 0.15) is 18.6 Å². The largest absolute Gasteiger partial charge is 0.378 e. The van der Waals surface area contributed by atoms with Gasteiger partial charge in [0, 0.05) is 12.6 Å². The summed E-state index contributed by atoms with van der Waals surface area (Å²) in [4.78, 5) is 2.27. The first-order valence-electron chi connectivity index (χ1n) is 10.5. The van der Waals surface area contributed by atoms with Crippen LogP contribution in [0.3, 0.4) is 0 Å². The molecule has 1 aromatic carbocycles. The lowest BCUT2D eigenvalue weighted by Gasteiger charge is -2.32. The molecular formula is C22H37NO6. The quantitative estimate of drug-likeness (QED) is 0.702. The summed E-state index contributed by atoms with van der Waals surface area (Å²) < 4.78 is 34.0. The molecule has 7 heteroatoms. The van der Waals surface area contributed by atoms with E-state index in [0.29, 0.717) is 72.7 Å². The zero-order chi connectivity index (χ0) is 20.6. The van der Waals surface area contributed by atoms with Crippen molar-refractivity contribution in [3.63, 3.8) is 0 Å². The number of hydrogen-bond acceptors (Lipinski definition) is 7. The van der Waals surface area contributed by atoms with Gasteiger partial charge in [0.2, 0.25) is 0 Å². The van der Waals surface area contributed by atoms with Gasteiger partial charge in [-0.2, -0.15) is 0 Å². The number of benzene rings is 1. The van der Waals surface area contributed by atoms with Crippen molar-refractivity contribution in [1.29, 1.82) is 0 Å². The van der Waals surface area contributed by atoms with Crippen LogP contribution in [0.15, 0.2) is 30.3 Å². The van der Waals surface area contributed by atoms with Gasteiger partial charge in [0.1, 0.15) is 0 Å². The molecule has 0 radical (unpaired) electrons. The minimum atomic E-state index is -0.0318. The first kappa shape index (κ1) is 24.2. The second kappa shape index (κ2) is 15.7. The van der Waals surface area contributed by atoms with Gasteiger partial charge in [-0.1, -0.05) is 30.3 Å². The minimum Gasteiger partial charge on any atom is -0.378 e. The van der Waals surface area contributed by atoms with Crippen LogP contribution in [0.2, 0.25) is 0 Å². The lowest BCUT2D eigenvalue weighted by atomic mass is 10.0. The van der Waals surface area contributed by atoms with Gasteiger partial charge in [-0.05, 0) is 19.5 Å². The molecule has 2 atom stereocenters. The first-order chi connectivity index (χ1) is 14.3. The Balaban J connectivity index is 1.86. The summed E-state index contributed by atoms with van der Waals surface area (Å²) in [5.41, 5.74) is 1.17. The smallest absolute Gasteiger partial charge is 0.0978 e. The molecule has 0 saturated carbocycles. The zero-order valence-electron chi connectivity index (χ0n) is 17.9. The van der Waals surface area contributed by atoms with Crippen LogP contribution in [0.5, 0.6) is 0 Å². The molecule has 1 aromatic rings. The minimum absolute atomic E-state index is 0.0318. The summed E-state index contributed by atoms with van der Waals surface area (Å²) in [6.45, 7) is 9.26. The molecule has 1 aliphatic heterocycles. The molecular weight excluding hydrogens is 374 g/mol. The normalized spacial score (nSPS) is 26.4. The molecule has 166 valence electrons. The molecule has 0 aliphatic carbocycles. The number of nitrogens with zero attached hydrogens (tertiary/aromatic N) is 1. The maximum Gasteiger partial charge on any atom is 0.0978 e. The van der Waals surface area contributed by atoms with Gasteiger partial charge in [-0.15, -0.1) is 0 Å². The van der Waals surface area contributed by atoms with E-state index >= 15 is 0 Å². The van der Waals surface area contributed by atoms with Crippen LogP contribution in [0, 0.1) is 0 Å². The molecule has 2 rings (SSSR count). The lowest BCUT2D eigenvalue weighted by molar-refractivity contribution is -0.0436. The van der Waals surface area contributed by atoms with Crippen molar-refractivity contribution in [2.45, 2.75) is 19.1 Å². The molecule has 29 heavy (non-hydrogen) atoms. The third-order valence-electron chi connectivity index (χ3n) is 4.86. The van der Waals surface area contributed by atoms with Gasteiger partial charge in [0.05, 0.1) is 78.8 Å². The Morgan fingerprint density at radius 2 is 1.10 bits per heavy atom. The van der Waals surface area contributed by atoms with Crippen LogP contribution in [-0.4, -0.2) is 97.2 Å². The van der Waals surface area contributed by atoms with E-state index in [1.54, 1.807) is 0 Å². The zero-order valence-corrected chi connectivity index (χ0v) is 17.9. The van der Waals surface area contributed by atoms with Crippen LogP contribution in [-0.2, 0) is 28.4 Å². The van der Waals surface area contributed by atoms with Crippen LogP contribution in [0.4, 0.5) is 0 Å². The Morgan fingerprint density at radius 1 is 0.655 bits per heavy atom. The van der Waals surface area contributed by atoms with Gasteiger partial charge in [-0.3, -0.25) is 4.90 Å². The summed E-state index contributed by atoms with van der Waals surface area (Å²) in [7, 11) is 2.10. The highest BCUT2D eigenvalue weighted by molar-refractivity contribution is 5.19. The Bertz CT molecular complexity index is 503. The third kappa shape index (κ3) is 10.5. The van der Waals surface area contributed by atoms with Crippen molar-refractivity contribution >= 4 is 0 Å². The van der Waals surface area contributed by atoms with Gasteiger partial charge in [0.25, 0.3) is 0 Å². The Hall–Kier alpha value is -1.06. The molecule has 1 unspecified atom stereocenters. The van der Waals surface area contributed by atoms with E-state index in [9.17, 15) is 0 Å². The molecule has 0 bridgehead atoms. The summed E-state index contributed by atoms with van der Waals surface area (Å²) in [6, 6.07) is 10.5. The number of rotatable bonds is 1. The average molecular weight is 412 g/mol. The van der Waals surface area contributed by atoms with E-state index in [1.807, 2.05) is 18.2 Å². The van der Waals surface area contributed by atoms with Crippen molar-refractivity contribution < 1.29 is 28.4 Å². The Labute approximate surface area is 175 Å². The topological polar surface area (TPSA) is 58.6 Å². The highest BCUT2D eigenvalue weighted by Gasteiger charge is 2.23. The molecule has 1 saturated heterocycles. The van der Waals surface area contributed by atoms with Crippen LogP contribution >= 0.6 is 0 Å². The van der Waals surface area contributed by atoms with Gasteiger partial charge >= 0.3 is 0 Å². The van der Waals surface area contributed by atoms with Crippen LogP contribution in [0.25, 0.3) is 0 Å². The summed E-state index contributed by atoms with van der Waals surface area (Å²) in [6.07, 6.45) is -0.0318. The summed E-state index contributed by atoms with van der Waals surface area (Å²) >= 11 is 0. The van der Waals surface area contributed by atoms with Crippen molar-refractivity contribution in [3.05, 3.63) is 35.9 Å². The van der Waals surface area contributed by atoms with E-state index in [4.69, 9.17) is 28.4 Å². The monoisotopic (exact) mass is 411 g/mol. The second-order valence-corrected chi connectivity index (χ2v) is 6.99. The Morgan fingerprint density at radius 3 is 1.62 bits per heavy atom. The van der Waals surface area contributed by atoms with Crippen molar-refractivity contribution in [2.75, 3.05) is 86.3 Å². The predicted molar refractivity (Wildman–Crippen MR) is 111 cm³/mol. The van der Waals surface area contributed by atoms with Crippen molar-refractivity contribution in [1.82, 2.24) is 4.90 Å². The molecule has 1 fully saturated rings. The average Bonchev–Trinajstić information content (AvgIpc) is 2.75. The number of likely N-dealkylation sites (N-methyl/N-ethyl adjacent to an activating group) is 1. The van der Waals surface area contributed by atoms with E-state index in [1.165, 1.54) is 5.56 Å². The number of hydrogen-bond donors (Lipinski definition) is 0. The maximum atomic E-state index is 6.22. The van der Waals surface area contributed by atoms with E-state index < -0.39 is 0 Å². The van der Waals surface area contributed by atoms with Gasteiger partial charge < -0.3 is 28.4 Å². The highest BCUT2D eigenvalue weighted by Crippen LogP contribution is 2.24. The lowest BCUT2D eigenvalue weighted by Crippen LogP contribution is -2.38. The molecule has 0 amide bonds. The predicted octanol–water partition coefficient (Wildman–Crippen LogP) is 2.16. The fourth-order valence-corrected chi connectivity index (χ4v) is 3.02. The first-order valence-corrected chi connectivity index (χ1v) is 10.5. The van der Waals surface area contributed by atoms with Crippen LogP contribution < -0.4 is 0 Å². The SMILES string of the molecule is C[C@H]1C(c2ccccc2)OCCOCCOCCOCCOCCOCCN1C. The standard InChI is InChI=1S/C22H37NO6/c1-20-22(21-6-4-3-5-7-21)29-19-18-28-17-16-27-15-14-26-13-12-25-11-10-24-9-8-23(20)2/h3-7,20,22H,8-19H2,1-2H3/t20-,22?/m0/s1. The maximum absolute atomic E-state index is 6.22. The van der Waals surface area contributed by atoms with Crippen molar-refractivity contribution in [3.8, 4) is 0 Å². The van der Waals surface area contributed by atoms with Gasteiger partial charge in [-0.25, -0.2) is 0 Å². The van der Waals surface area contributed by atoms with E-state index in [-0.39, 0.29) is 12.1 Å². The van der Waals surface area contributed by atoms with E-state index in [2.05, 4.69) is 31.0 Å². The molecule has 7 nitrogen and oxygen atoms in total. The molecule has 0 N–H and O–H groups in total. The second-order valence-electron chi connectivity index (χ2n) is 6.99.